The third-order valence-electron chi connectivity index (χ3n) is 4.95. The standard InChI is InChI=1S/C20H24N6O3/c1-12-6-8-17(9-7-12)10-24-15(4)19(14(3)23-24)21-20(27)16(5)25-11-18(26(28)29)13(2)22-25/h6-9,11,16H,10H2,1-5H3,(H,21,27). The lowest BCUT2D eigenvalue weighted by molar-refractivity contribution is -0.385. The van der Waals surface area contributed by atoms with Gasteiger partial charge in [-0.1, -0.05) is 29.8 Å². The van der Waals surface area contributed by atoms with Gasteiger partial charge in [0.2, 0.25) is 5.91 Å². The number of carbonyl (C=O) groups excluding carboxylic acids is 1. The molecule has 3 rings (SSSR count). The SMILES string of the molecule is Cc1ccc(Cn2nc(C)c(NC(=O)C(C)n3cc([N+](=O)[O-])c(C)n3)c2C)cc1. The second kappa shape index (κ2) is 7.86. The minimum absolute atomic E-state index is 0.108. The van der Waals surface area contributed by atoms with Crippen molar-refractivity contribution in [2.45, 2.75) is 47.2 Å². The first-order chi connectivity index (χ1) is 13.7. The summed E-state index contributed by atoms with van der Waals surface area (Å²) < 4.78 is 3.16. The Bertz CT molecular complexity index is 1060. The van der Waals surface area contributed by atoms with Gasteiger partial charge in [-0.15, -0.1) is 0 Å². The van der Waals surface area contributed by atoms with Crippen LogP contribution in [0.2, 0.25) is 0 Å². The van der Waals surface area contributed by atoms with Gasteiger partial charge in [-0.25, -0.2) is 0 Å². The topological polar surface area (TPSA) is 108 Å². The number of aromatic nitrogens is 4. The van der Waals surface area contributed by atoms with E-state index in [9.17, 15) is 14.9 Å². The van der Waals surface area contributed by atoms with E-state index in [1.54, 1.807) is 13.8 Å². The summed E-state index contributed by atoms with van der Waals surface area (Å²) in [5.74, 6) is -0.316. The van der Waals surface area contributed by atoms with Crippen LogP contribution in [0.4, 0.5) is 11.4 Å². The highest BCUT2D eigenvalue weighted by Crippen LogP contribution is 2.23. The van der Waals surface area contributed by atoms with Crippen LogP contribution in [-0.2, 0) is 11.3 Å². The zero-order valence-corrected chi connectivity index (χ0v) is 17.1. The number of hydrogen-bond donors (Lipinski definition) is 1. The van der Waals surface area contributed by atoms with Gasteiger partial charge in [-0.2, -0.15) is 10.2 Å². The summed E-state index contributed by atoms with van der Waals surface area (Å²) in [5, 5.41) is 22.6. The van der Waals surface area contributed by atoms with Gasteiger partial charge in [-0.3, -0.25) is 24.3 Å². The van der Waals surface area contributed by atoms with Gasteiger partial charge in [0.05, 0.1) is 28.5 Å². The fourth-order valence-electron chi connectivity index (χ4n) is 3.10. The van der Waals surface area contributed by atoms with Crippen molar-refractivity contribution in [2.75, 3.05) is 5.32 Å². The summed E-state index contributed by atoms with van der Waals surface area (Å²) in [6.45, 7) is 9.56. The van der Waals surface area contributed by atoms with Gasteiger partial charge < -0.3 is 5.32 Å². The van der Waals surface area contributed by atoms with Gasteiger partial charge in [0.25, 0.3) is 0 Å². The molecule has 1 unspecified atom stereocenters. The number of rotatable bonds is 6. The van der Waals surface area contributed by atoms with Crippen molar-refractivity contribution >= 4 is 17.3 Å². The molecule has 1 amide bonds. The molecule has 0 aliphatic carbocycles. The van der Waals surface area contributed by atoms with Crippen LogP contribution in [0.1, 0.15) is 41.2 Å². The normalized spacial score (nSPS) is 12.0. The van der Waals surface area contributed by atoms with Crippen molar-refractivity contribution in [1.29, 1.82) is 0 Å². The van der Waals surface area contributed by atoms with Crippen molar-refractivity contribution < 1.29 is 9.72 Å². The van der Waals surface area contributed by atoms with E-state index in [-0.39, 0.29) is 17.3 Å². The predicted molar refractivity (Wildman–Crippen MR) is 109 cm³/mol. The van der Waals surface area contributed by atoms with Crippen LogP contribution in [0.5, 0.6) is 0 Å². The number of aryl methyl sites for hydroxylation is 3. The van der Waals surface area contributed by atoms with Crippen molar-refractivity contribution in [3.05, 3.63) is 68.8 Å². The molecule has 2 heterocycles. The minimum atomic E-state index is -0.707. The minimum Gasteiger partial charge on any atom is -0.321 e. The molecular weight excluding hydrogens is 372 g/mol. The summed E-state index contributed by atoms with van der Waals surface area (Å²) in [6.07, 6.45) is 1.28. The number of nitrogens with zero attached hydrogens (tertiary/aromatic N) is 5. The van der Waals surface area contributed by atoms with Crippen LogP contribution in [0.3, 0.4) is 0 Å². The van der Waals surface area contributed by atoms with Crippen molar-refractivity contribution in [3.8, 4) is 0 Å². The molecule has 0 fully saturated rings. The van der Waals surface area contributed by atoms with E-state index in [1.165, 1.54) is 16.4 Å². The third kappa shape index (κ3) is 4.18. The van der Waals surface area contributed by atoms with Crippen LogP contribution in [0.15, 0.2) is 30.5 Å². The van der Waals surface area contributed by atoms with E-state index in [0.717, 1.165) is 11.3 Å². The fourth-order valence-corrected chi connectivity index (χ4v) is 3.10. The molecule has 2 aromatic heterocycles. The maximum absolute atomic E-state index is 12.7. The van der Waals surface area contributed by atoms with E-state index < -0.39 is 11.0 Å². The molecule has 0 saturated heterocycles. The van der Waals surface area contributed by atoms with Crippen LogP contribution < -0.4 is 5.32 Å². The fraction of sp³-hybridized carbons (Fsp3) is 0.350. The van der Waals surface area contributed by atoms with Gasteiger partial charge in [-0.05, 0) is 40.2 Å². The summed E-state index contributed by atoms with van der Waals surface area (Å²) in [5.41, 5.74) is 4.66. The van der Waals surface area contributed by atoms with E-state index in [0.29, 0.717) is 17.9 Å². The summed E-state index contributed by atoms with van der Waals surface area (Å²) >= 11 is 0. The Morgan fingerprint density at radius 3 is 2.38 bits per heavy atom. The molecular formula is C20H24N6O3. The van der Waals surface area contributed by atoms with Gasteiger partial charge in [0, 0.05) is 0 Å². The molecule has 0 saturated carbocycles. The second-order valence-electron chi connectivity index (χ2n) is 7.19. The smallest absolute Gasteiger partial charge is 0.309 e. The van der Waals surface area contributed by atoms with Crippen molar-refractivity contribution in [2.24, 2.45) is 0 Å². The zero-order chi connectivity index (χ0) is 21.3. The summed E-state index contributed by atoms with van der Waals surface area (Å²) in [4.78, 5) is 23.2. The molecule has 0 bridgehead atoms. The van der Waals surface area contributed by atoms with Crippen LogP contribution in [0, 0.1) is 37.8 Å². The number of benzene rings is 1. The third-order valence-corrected chi connectivity index (χ3v) is 4.95. The number of anilines is 1. The van der Waals surface area contributed by atoms with E-state index in [1.807, 2.05) is 25.5 Å². The maximum Gasteiger partial charge on any atom is 0.309 e. The molecule has 0 aliphatic heterocycles. The molecule has 1 atom stereocenters. The molecule has 9 heteroatoms. The predicted octanol–water partition coefficient (Wildman–Crippen LogP) is 3.47. The van der Waals surface area contributed by atoms with E-state index >= 15 is 0 Å². The second-order valence-corrected chi connectivity index (χ2v) is 7.19. The molecule has 0 aliphatic rings. The Hall–Kier alpha value is -3.49. The molecule has 0 radical (unpaired) electrons. The van der Waals surface area contributed by atoms with Crippen molar-refractivity contribution in [1.82, 2.24) is 19.6 Å². The molecule has 1 aromatic carbocycles. The Balaban J connectivity index is 1.78. The molecule has 9 nitrogen and oxygen atoms in total. The zero-order valence-electron chi connectivity index (χ0n) is 17.1. The summed E-state index contributed by atoms with van der Waals surface area (Å²) in [6, 6.07) is 7.51. The Labute approximate surface area is 168 Å². The Morgan fingerprint density at radius 1 is 1.14 bits per heavy atom. The lowest BCUT2D eigenvalue weighted by atomic mass is 10.1. The quantitative estimate of drug-likeness (QED) is 0.507. The number of nitrogens with one attached hydrogen (secondary N) is 1. The number of carbonyl (C=O) groups is 1. The Morgan fingerprint density at radius 2 is 1.79 bits per heavy atom. The molecule has 152 valence electrons. The molecule has 3 aromatic rings. The van der Waals surface area contributed by atoms with Gasteiger partial charge in [0.1, 0.15) is 17.9 Å². The largest absolute Gasteiger partial charge is 0.321 e. The molecule has 29 heavy (non-hydrogen) atoms. The lowest BCUT2D eigenvalue weighted by Gasteiger charge is -2.13. The highest BCUT2D eigenvalue weighted by molar-refractivity contribution is 5.94. The Kier molecular flexibility index (Phi) is 5.49. The van der Waals surface area contributed by atoms with Crippen LogP contribution in [-0.4, -0.2) is 30.4 Å². The number of nitro groups is 1. The van der Waals surface area contributed by atoms with Crippen molar-refractivity contribution in [3.63, 3.8) is 0 Å². The van der Waals surface area contributed by atoms with E-state index in [4.69, 9.17) is 0 Å². The number of hydrogen-bond acceptors (Lipinski definition) is 5. The maximum atomic E-state index is 12.7. The first-order valence-corrected chi connectivity index (χ1v) is 9.28. The van der Waals surface area contributed by atoms with Crippen LogP contribution >= 0.6 is 0 Å². The average Bonchev–Trinajstić information content (AvgIpc) is 3.18. The van der Waals surface area contributed by atoms with Gasteiger partial charge >= 0.3 is 5.69 Å². The molecule has 0 spiro atoms. The number of amides is 1. The van der Waals surface area contributed by atoms with Gasteiger partial charge in [0.15, 0.2) is 0 Å². The average molecular weight is 396 g/mol. The lowest BCUT2D eigenvalue weighted by Crippen LogP contribution is -2.24. The first kappa shape index (κ1) is 20.2. The van der Waals surface area contributed by atoms with E-state index in [2.05, 4.69) is 39.8 Å². The first-order valence-electron chi connectivity index (χ1n) is 9.28. The highest BCUT2D eigenvalue weighted by Gasteiger charge is 2.24. The molecule has 1 N–H and O–H groups in total. The van der Waals surface area contributed by atoms with Crippen LogP contribution in [0.25, 0.3) is 0 Å². The summed E-state index contributed by atoms with van der Waals surface area (Å²) in [7, 11) is 0. The highest BCUT2D eigenvalue weighted by atomic mass is 16.6. The monoisotopic (exact) mass is 396 g/mol.